The first-order valence-corrected chi connectivity index (χ1v) is 6.38. The van der Waals surface area contributed by atoms with Crippen LogP contribution in [0.3, 0.4) is 0 Å². The Morgan fingerprint density at radius 1 is 1.06 bits per heavy atom. The molecule has 17 heavy (non-hydrogen) atoms. The summed E-state index contributed by atoms with van der Waals surface area (Å²) >= 11 is 1.74. The molecule has 2 heterocycles. The second kappa shape index (κ2) is 4.18. The number of hydrogen-bond donors (Lipinski definition) is 0. The molecule has 3 aromatic rings. The molecule has 0 saturated heterocycles. The van der Waals surface area contributed by atoms with Gasteiger partial charge >= 0.3 is 0 Å². The van der Waals surface area contributed by atoms with E-state index in [1.807, 2.05) is 35.1 Å². The Morgan fingerprint density at radius 3 is 2.59 bits per heavy atom. The normalized spacial score (nSPS) is 10.6. The van der Waals surface area contributed by atoms with Gasteiger partial charge < -0.3 is 0 Å². The molecule has 0 saturated carbocycles. The average molecular weight is 240 g/mol. The summed E-state index contributed by atoms with van der Waals surface area (Å²) in [5, 5.41) is 6.70. The van der Waals surface area contributed by atoms with Gasteiger partial charge in [-0.1, -0.05) is 30.3 Å². The zero-order chi connectivity index (χ0) is 11.7. The SMILES string of the molecule is Cc1sccc1-n1ccc(-c2ccccc2)n1. The number of rotatable bonds is 2. The van der Waals surface area contributed by atoms with Crippen molar-refractivity contribution >= 4 is 11.3 Å². The summed E-state index contributed by atoms with van der Waals surface area (Å²) in [5.41, 5.74) is 3.33. The molecule has 0 spiro atoms. The molecule has 2 nitrogen and oxygen atoms in total. The van der Waals surface area contributed by atoms with E-state index in [-0.39, 0.29) is 0 Å². The van der Waals surface area contributed by atoms with E-state index in [0.29, 0.717) is 0 Å². The Bertz CT molecular complexity index is 622. The van der Waals surface area contributed by atoms with Gasteiger partial charge in [0.05, 0.1) is 11.4 Å². The zero-order valence-electron chi connectivity index (χ0n) is 9.50. The van der Waals surface area contributed by atoms with Crippen LogP contribution in [0.25, 0.3) is 16.9 Å². The number of benzene rings is 1. The molecule has 0 fully saturated rings. The number of aryl methyl sites for hydroxylation is 1. The van der Waals surface area contributed by atoms with Gasteiger partial charge in [-0.05, 0) is 24.4 Å². The Labute approximate surface area is 104 Å². The smallest absolute Gasteiger partial charge is 0.0927 e. The largest absolute Gasteiger partial charge is 0.239 e. The van der Waals surface area contributed by atoms with Gasteiger partial charge in [-0.3, -0.25) is 0 Å². The molecule has 0 bridgehead atoms. The molecule has 0 atom stereocenters. The van der Waals surface area contributed by atoms with Crippen LogP contribution in [0, 0.1) is 6.92 Å². The second-order valence-corrected chi connectivity index (χ2v) is 4.99. The molecule has 1 aromatic carbocycles. The Kier molecular flexibility index (Phi) is 2.53. The first-order valence-electron chi connectivity index (χ1n) is 5.50. The van der Waals surface area contributed by atoms with Crippen LogP contribution in [0.4, 0.5) is 0 Å². The predicted molar refractivity (Wildman–Crippen MR) is 71.6 cm³/mol. The minimum absolute atomic E-state index is 1.01. The zero-order valence-corrected chi connectivity index (χ0v) is 10.3. The van der Waals surface area contributed by atoms with Crippen molar-refractivity contribution in [2.75, 3.05) is 0 Å². The number of nitrogens with zero attached hydrogens (tertiary/aromatic N) is 2. The van der Waals surface area contributed by atoms with E-state index in [2.05, 4.69) is 35.6 Å². The van der Waals surface area contributed by atoms with Crippen molar-refractivity contribution in [3.8, 4) is 16.9 Å². The van der Waals surface area contributed by atoms with Crippen molar-refractivity contribution in [1.82, 2.24) is 9.78 Å². The van der Waals surface area contributed by atoms with Crippen molar-refractivity contribution in [3.63, 3.8) is 0 Å². The summed E-state index contributed by atoms with van der Waals surface area (Å²) in [6, 6.07) is 14.4. The number of aromatic nitrogens is 2. The standard InChI is InChI=1S/C14H12N2S/c1-11-14(8-10-17-11)16-9-7-13(15-16)12-5-3-2-4-6-12/h2-10H,1H3. The van der Waals surface area contributed by atoms with E-state index >= 15 is 0 Å². The van der Waals surface area contributed by atoms with E-state index in [9.17, 15) is 0 Å². The van der Waals surface area contributed by atoms with Gasteiger partial charge in [-0.25, -0.2) is 4.68 Å². The van der Waals surface area contributed by atoms with Crippen molar-refractivity contribution in [2.24, 2.45) is 0 Å². The molecule has 0 amide bonds. The van der Waals surface area contributed by atoms with Crippen molar-refractivity contribution < 1.29 is 0 Å². The fourth-order valence-corrected chi connectivity index (χ4v) is 2.52. The van der Waals surface area contributed by atoms with E-state index in [0.717, 1.165) is 16.9 Å². The van der Waals surface area contributed by atoms with Crippen LogP contribution in [0.15, 0.2) is 54.0 Å². The lowest BCUT2D eigenvalue weighted by Gasteiger charge is -1.99. The minimum Gasteiger partial charge on any atom is -0.239 e. The first-order chi connectivity index (χ1) is 8.34. The highest BCUT2D eigenvalue weighted by molar-refractivity contribution is 7.10. The summed E-state index contributed by atoms with van der Waals surface area (Å²) in [6.45, 7) is 2.11. The number of hydrogen-bond acceptors (Lipinski definition) is 2. The van der Waals surface area contributed by atoms with E-state index in [1.54, 1.807) is 11.3 Å². The van der Waals surface area contributed by atoms with Crippen LogP contribution in [0.2, 0.25) is 0 Å². The molecule has 0 aliphatic rings. The fraction of sp³-hybridized carbons (Fsp3) is 0.0714. The maximum absolute atomic E-state index is 4.61. The highest BCUT2D eigenvalue weighted by atomic mass is 32.1. The average Bonchev–Trinajstić information content (AvgIpc) is 2.98. The molecular weight excluding hydrogens is 228 g/mol. The minimum atomic E-state index is 1.01. The lowest BCUT2D eigenvalue weighted by molar-refractivity contribution is 0.882. The highest BCUT2D eigenvalue weighted by Crippen LogP contribution is 2.22. The third-order valence-electron chi connectivity index (χ3n) is 2.74. The van der Waals surface area contributed by atoms with Crippen LogP contribution >= 0.6 is 11.3 Å². The fourth-order valence-electron chi connectivity index (χ4n) is 1.84. The van der Waals surface area contributed by atoms with E-state index in [1.165, 1.54) is 4.88 Å². The Morgan fingerprint density at radius 2 is 1.88 bits per heavy atom. The molecular formula is C14H12N2S. The molecule has 0 aliphatic carbocycles. The van der Waals surface area contributed by atoms with Crippen LogP contribution < -0.4 is 0 Å². The summed E-state index contributed by atoms with van der Waals surface area (Å²) < 4.78 is 1.94. The summed E-state index contributed by atoms with van der Waals surface area (Å²) in [5.74, 6) is 0. The van der Waals surface area contributed by atoms with Crippen molar-refractivity contribution in [3.05, 3.63) is 58.9 Å². The highest BCUT2D eigenvalue weighted by Gasteiger charge is 2.05. The van der Waals surface area contributed by atoms with Crippen LogP contribution in [-0.4, -0.2) is 9.78 Å². The van der Waals surface area contributed by atoms with Crippen LogP contribution in [0.1, 0.15) is 4.88 Å². The summed E-state index contributed by atoms with van der Waals surface area (Å²) in [6.07, 6.45) is 2.01. The maximum Gasteiger partial charge on any atom is 0.0927 e. The second-order valence-electron chi connectivity index (χ2n) is 3.87. The Balaban J connectivity index is 2.02. The van der Waals surface area contributed by atoms with Gasteiger partial charge in [0.25, 0.3) is 0 Å². The molecule has 0 radical (unpaired) electrons. The molecule has 0 aliphatic heterocycles. The van der Waals surface area contributed by atoms with Gasteiger partial charge in [-0.2, -0.15) is 5.10 Å². The quantitative estimate of drug-likeness (QED) is 0.664. The van der Waals surface area contributed by atoms with Gasteiger partial charge in [0.2, 0.25) is 0 Å². The topological polar surface area (TPSA) is 17.8 Å². The molecule has 0 unspecified atom stereocenters. The van der Waals surface area contributed by atoms with Gasteiger partial charge in [0, 0.05) is 16.6 Å². The molecule has 2 aromatic heterocycles. The van der Waals surface area contributed by atoms with Gasteiger partial charge in [0.1, 0.15) is 0 Å². The van der Waals surface area contributed by atoms with Gasteiger partial charge in [-0.15, -0.1) is 11.3 Å². The third-order valence-corrected chi connectivity index (χ3v) is 3.57. The van der Waals surface area contributed by atoms with E-state index in [4.69, 9.17) is 0 Å². The monoisotopic (exact) mass is 240 g/mol. The third kappa shape index (κ3) is 1.89. The van der Waals surface area contributed by atoms with E-state index < -0.39 is 0 Å². The Hall–Kier alpha value is -1.87. The lowest BCUT2D eigenvalue weighted by Crippen LogP contribution is -1.94. The van der Waals surface area contributed by atoms with Crippen molar-refractivity contribution in [2.45, 2.75) is 6.92 Å². The first kappa shape index (κ1) is 10.3. The van der Waals surface area contributed by atoms with Crippen LogP contribution in [-0.2, 0) is 0 Å². The molecule has 84 valence electrons. The molecule has 0 N–H and O–H groups in total. The maximum atomic E-state index is 4.61. The van der Waals surface area contributed by atoms with Gasteiger partial charge in [0.15, 0.2) is 0 Å². The summed E-state index contributed by atoms with van der Waals surface area (Å²) in [4.78, 5) is 1.28. The molecule has 3 rings (SSSR count). The summed E-state index contributed by atoms with van der Waals surface area (Å²) in [7, 11) is 0. The van der Waals surface area contributed by atoms with Crippen LogP contribution in [0.5, 0.6) is 0 Å². The molecule has 3 heteroatoms. The lowest BCUT2D eigenvalue weighted by atomic mass is 10.2. The number of thiophene rings is 1. The van der Waals surface area contributed by atoms with Crippen molar-refractivity contribution in [1.29, 1.82) is 0 Å². The predicted octanol–water partition coefficient (Wildman–Crippen LogP) is 3.91.